The van der Waals surface area contributed by atoms with Crippen molar-refractivity contribution in [3.63, 3.8) is 0 Å². The molecule has 0 fully saturated rings. The molecule has 21 heavy (non-hydrogen) atoms. The average molecular weight is 278 g/mol. The van der Waals surface area contributed by atoms with Crippen LogP contribution in [0.25, 0.3) is 21.5 Å². The third-order valence-electron chi connectivity index (χ3n) is 4.02. The molecule has 3 aromatic rings. The molecule has 0 aliphatic heterocycles. The standard InChI is InChI=1S/C19H22N2/c1-20(2)11-12-21(3)19-10-6-9-17-13-15-7-4-5-8-16(15)14-18(17)19/h4-10,13-14H,11-12H2,1-3H3. The van der Waals surface area contributed by atoms with E-state index in [2.05, 4.69) is 85.5 Å². The summed E-state index contributed by atoms with van der Waals surface area (Å²) >= 11 is 0. The van der Waals surface area contributed by atoms with Crippen molar-refractivity contribution >= 4 is 27.2 Å². The molecule has 0 saturated carbocycles. The Morgan fingerprint density at radius 3 is 2.10 bits per heavy atom. The third-order valence-corrected chi connectivity index (χ3v) is 4.02. The number of likely N-dealkylation sites (N-methyl/N-ethyl adjacent to an activating group) is 2. The van der Waals surface area contributed by atoms with E-state index >= 15 is 0 Å². The molecule has 0 atom stereocenters. The fraction of sp³-hybridized carbons (Fsp3) is 0.263. The van der Waals surface area contributed by atoms with Gasteiger partial charge in [0.05, 0.1) is 0 Å². The molecule has 0 bridgehead atoms. The molecular weight excluding hydrogens is 256 g/mol. The molecule has 0 aliphatic carbocycles. The zero-order valence-corrected chi connectivity index (χ0v) is 13.0. The van der Waals surface area contributed by atoms with Crippen LogP contribution in [-0.4, -0.2) is 39.1 Å². The minimum absolute atomic E-state index is 1.03. The molecule has 0 unspecified atom stereocenters. The zero-order valence-electron chi connectivity index (χ0n) is 13.0. The van der Waals surface area contributed by atoms with Crippen LogP contribution >= 0.6 is 0 Å². The highest BCUT2D eigenvalue weighted by atomic mass is 15.2. The number of hydrogen-bond donors (Lipinski definition) is 0. The summed E-state index contributed by atoms with van der Waals surface area (Å²) in [6.07, 6.45) is 0. The van der Waals surface area contributed by atoms with Gasteiger partial charge in [0.2, 0.25) is 0 Å². The van der Waals surface area contributed by atoms with Crippen LogP contribution in [0.15, 0.2) is 54.6 Å². The summed E-state index contributed by atoms with van der Waals surface area (Å²) in [6.45, 7) is 2.08. The van der Waals surface area contributed by atoms with E-state index in [9.17, 15) is 0 Å². The van der Waals surface area contributed by atoms with Gasteiger partial charge < -0.3 is 9.80 Å². The molecule has 0 radical (unpaired) electrons. The lowest BCUT2D eigenvalue weighted by Crippen LogP contribution is -2.28. The summed E-state index contributed by atoms with van der Waals surface area (Å²) in [5.41, 5.74) is 1.31. The Morgan fingerprint density at radius 1 is 0.714 bits per heavy atom. The second-order valence-electron chi connectivity index (χ2n) is 5.92. The number of fused-ring (bicyclic) bond motifs is 2. The van der Waals surface area contributed by atoms with Crippen molar-refractivity contribution in [3.05, 3.63) is 54.6 Å². The van der Waals surface area contributed by atoms with Gasteiger partial charge in [-0.3, -0.25) is 0 Å². The Hall–Kier alpha value is -2.06. The lowest BCUT2D eigenvalue weighted by Gasteiger charge is -2.23. The van der Waals surface area contributed by atoms with Crippen molar-refractivity contribution in [3.8, 4) is 0 Å². The molecule has 0 amide bonds. The van der Waals surface area contributed by atoms with Crippen LogP contribution in [0.3, 0.4) is 0 Å². The molecule has 0 aliphatic rings. The van der Waals surface area contributed by atoms with Crippen molar-refractivity contribution in [1.82, 2.24) is 4.90 Å². The molecule has 0 heterocycles. The van der Waals surface area contributed by atoms with Crippen LogP contribution < -0.4 is 4.90 Å². The Labute approximate surface area is 126 Å². The molecule has 108 valence electrons. The van der Waals surface area contributed by atoms with Crippen molar-refractivity contribution in [2.45, 2.75) is 0 Å². The van der Waals surface area contributed by atoms with Crippen molar-refractivity contribution in [1.29, 1.82) is 0 Å². The molecular formula is C19H22N2. The summed E-state index contributed by atoms with van der Waals surface area (Å²) in [5.74, 6) is 0. The molecule has 3 rings (SSSR count). The molecule has 2 nitrogen and oxygen atoms in total. The van der Waals surface area contributed by atoms with Crippen LogP contribution in [0.5, 0.6) is 0 Å². The van der Waals surface area contributed by atoms with Crippen LogP contribution in [-0.2, 0) is 0 Å². The SMILES string of the molecule is CN(C)CCN(C)c1cccc2cc3ccccc3cc12. The predicted molar refractivity (Wildman–Crippen MR) is 93.3 cm³/mol. The van der Waals surface area contributed by atoms with Gasteiger partial charge >= 0.3 is 0 Å². The Morgan fingerprint density at radius 2 is 1.38 bits per heavy atom. The fourth-order valence-corrected chi connectivity index (χ4v) is 2.75. The van der Waals surface area contributed by atoms with Gasteiger partial charge in [-0.15, -0.1) is 0 Å². The molecule has 0 spiro atoms. The normalized spacial score (nSPS) is 11.4. The Kier molecular flexibility index (Phi) is 3.80. The minimum atomic E-state index is 1.03. The number of rotatable bonds is 4. The molecule has 3 aromatic carbocycles. The van der Waals surface area contributed by atoms with E-state index in [-0.39, 0.29) is 0 Å². The average Bonchev–Trinajstić information content (AvgIpc) is 2.50. The van der Waals surface area contributed by atoms with Gasteiger partial charge in [-0.25, -0.2) is 0 Å². The number of nitrogens with zero attached hydrogens (tertiary/aromatic N) is 2. The number of hydrogen-bond acceptors (Lipinski definition) is 2. The summed E-state index contributed by atoms with van der Waals surface area (Å²) < 4.78 is 0. The molecule has 0 N–H and O–H groups in total. The van der Waals surface area contributed by atoms with Crippen molar-refractivity contribution in [2.75, 3.05) is 39.1 Å². The highest BCUT2D eigenvalue weighted by Crippen LogP contribution is 2.30. The summed E-state index contributed by atoms with van der Waals surface area (Å²) in [7, 11) is 6.41. The van der Waals surface area contributed by atoms with Gasteiger partial charge in [-0.05, 0) is 48.5 Å². The topological polar surface area (TPSA) is 6.48 Å². The second kappa shape index (κ2) is 5.74. The highest BCUT2D eigenvalue weighted by molar-refractivity contribution is 6.03. The maximum absolute atomic E-state index is 2.34. The van der Waals surface area contributed by atoms with Gasteiger partial charge in [0.1, 0.15) is 0 Å². The quantitative estimate of drug-likeness (QED) is 0.666. The Bertz CT molecular complexity index is 762. The minimum Gasteiger partial charge on any atom is -0.373 e. The maximum atomic E-state index is 2.34. The lowest BCUT2D eigenvalue weighted by molar-refractivity contribution is 0.416. The smallest absolute Gasteiger partial charge is 0.0443 e. The van der Waals surface area contributed by atoms with Gasteiger partial charge in [-0.1, -0.05) is 36.4 Å². The first-order chi connectivity index (χ1) is 10.1. The fourth-order valence-electron chi connectivity index (χ4n) is 2.75. The van der Waals surface area contributed by atoms with Gasteiger partial charge in [-0.2, -0.15) is 0 Å². The zero-order chi connectivity index (χ0) is 14.8. The summed E-state index contributed by atoms with van der Waals surface area (Å²) in [6, 6.07) is 19.7. The summed E-state index contributed by atoms with van der Waals surface area (Å²) in [4.78, 5) is 4.56. The maximum Gasteiger partial charge on any atom is 0.0443 e. The van der Waals surface area contributed by atoms with Crippen molar-refractivity contribution < 1.29 is 0 Å². The molecule has 0 aromatic heterocycles. The monoisotopic (exact) mass is 278 g/mol. The second-order valence-corrected chi connectivity index (χ2v) is 5.92. The first kappa shape index (κ1) is 13.9. The lowest BCUT2D eigenvalue weighted by atomic mass is 10.0. The van der Waals surface area contributed by atoms with Crippen LogP contribution in [0.1, 0.15) is 0 Å². The van der Waals surface area contributed by atoms with E-state index in [0.717, 1.165) is 13.1 Å². The number of anilines is 1. The van der Waals surface area contributed by atoms with Crippen molar-refractivity contribution in [2.24, 2.45) is 0 Å². The van der Waals surface area contributed by atoms with E-state index in [0.29, 0.717) is 0 Å². The van der Waals surface area contributed by atoms with E-state index < -0.39 is 0 Å². The van der Waals surface area contributed by atoms with Crippen LogP contribution in [0, 0.1) is 0 Å². The van der Waals surface area contributed by atoms with Gasteiger partial charge in [0.25, 0.3) is 0 Å². The summed E-state index contributed by atoms with van der Waals surface area (Å²) in [5, 5.41) is 5.25. The third kappa shape index (κ3) is 2.86. The largest absolute Gasteiger partial charge is 0.373 e. The van der Waals surface area contributed by atoms with E-state index in [1.165, 1.54) is 27.2 Å². The van der Waals surface area contributed by atoms with Gasteiger partial charge in [0.15, 0.2) is 0 Å². The highest BCUT2D eigenvalue weighted by Gasteiger charge is 2.07. The van der Waals surface area contributed by atoms with Gasteiger partial charge in [0, 0.05) is 31.2 Å². The Balaban J connectivity index is 2.08. The predicted octanol–water partition coefficient (Wildman–Crippen LogP) is 3.99. The molecule has 2 heteroatoms. The first-order valence-corrected chi connectivity index (χ1v) is 7.42. The number of benzene rings is 3. The van der Waals surface area contributed by atoms with E-state index in [1.54, 1.807) is 0 Å². The van der Waals surface area contributed by atoms with E-state index in [1.807, 2.05) is 0 Å². The molecule has 0 saturated heterocycles. The van der Waals surface area contributed by atoms with Crippen LogP contribution in [0.4, 0.5) is 5.69 Å². The van der Waals surface area contributed by atoms with Crippen LogP contribution in [0.2, 0.25) is 0 Å². The van der Waals surface area contributed by atoms with E-state index in [4.69, 9.17) is 0 Å². The first-order valence-electron chi connectivity index (χ1n) is 7.42.